The SMILES string of the molecule is Cc1nc(CCNC(=O)c2cc(-c3ccco3)on2)cs1. The minimum absolute atomic E-state index is 0.232. The molecule has 0 aliphatic rings. The fourth-order valence-corrected chi connectivity index (χ4v) is 2.48. The van der Waals surface area contributed by atoms with Gasteiger partial charge in [0.25, 0.3) is 5.91 Å². The molecule has 108 valence electrons. The molecule has 0 unspecified atom stereocenters. The van der Waals surface area contributed by atoms with E-state index in [1.54, 1.807) is 29.5 Å². The Balaban J connectivity index is 1.56. The first-order chi connectivity index (χ1) is 10.2. The molecule has 0 aliphatic carbocycles. The minimum atomic E-state index is -0.275. The zero-order chi connectivity index (χ0) is 14.7. The Kier molecular flexibility index (Phi) is 3.83. The highest BCUT2D eigenvalue weighted by Gasteiger charge is 2.14. The molecule has 6 nitrogen and oxygen atoms in total. The summed E-state index contributed by atoms with van der Waals surface area (Å²) in [4.78, 5) is 16.3. The predicted octanol–water partition coefficient (Wildman–Crippen LogP) is 2.67. The van der Waals surface area contributed by atoms with Crippen molar-refractivity contribution in [2.45, 2.75) is 13.3 Å². The van der Waals surface area contributed by atoms with Crippen molar-refractivity contribution in [2.75, 3.05) is 6.54 Å². The number of thiazole rings is 1. The Morgan fingerprint density at radius 3 is 3.05 bits per heavy atom. The molecule has 0 saturated heterocycles. The van der Waals surface area contributed by atoms with Crippen molar-refractivity contribution in [2.24, 2.45) is 0 Å². The van der Waals surface area contributed by atoms with Gasteiger partial charge in [-0.3, -0.25) is 4.79 Å². The number of nitrogens with one attached hydrogen (secondary N) is 1. The molecular weight excluding hydrogens is 290 g/mol. The van der Waals surface area contributed by atoms with Crippen LogP contribution in [0.3, 0.4) is 0 Å². The van der Waals surface area contributed by atoms with Gasteiger partial charge in [-0.15, -0.1) is 11.3 Å². The van der Waals surface area contributed by atoms with Crippen LogP contribution in [-0.2, 0) is 6.42 Å². The molecule has 0 spiro atoms. The molecule has 3 rings (SSSR count). The van der Waals surface area contributed by atoms with Crippen LogP contribution >= 0.6 is 11.3 Å². The van der Waals surface area contributed by atoms with Crippen LogP contribution in [0.4, 0.5) is 0 Å². The van der Waals surface area contributed by atoms with Gasteiger partial charge >= 0.3 is 0 Å². The summed E-state index contributed by atoms with van der Waals surface area (Å²) in [5.74, 6) is 0.697. The van der Waals surface area contributed by atoms with Crippen molar-refractivity contribution in [3.8, 4) is 11.5 Å². The number of amides is 1. The van der Waals surface area contributed by atoms with Crippen molar-refractivity contribution < 1.29 is 13.7 Å². The lowest BCUT2D eigenvalue weighted by Gasteiger charge is -2.00. The number of aryl methyl sites for hydroxylation is 1. The molecule has 1 N–H and O–H groups in total. The summed E-state index contributed by atoms with van der Waals surface area (Å²) in [5.41, 5.74) is 1.21. The summed E-state index contributed by atoms with van der Waals surface area (Å²) in [6.07, 6.45) is 2.23. The molecule has 0 atom stereocenters. The summed E-state index contributed by atoms with van der Waals surface area (Å²) in [7, 11) is 0. The Labute approximate surface area is 124 Å². The van der Waals surface area contributed by atoms with Crippen LogP contribution in [0.5, 0.6) is 0 Å². The standard InChI is InChI=1S/C14H13N3O3S/c1-9-16-10(8-21-9)4-5-15-14(18)11-7-13(20-17-11)12-3-2-6-19-12/h2-3,6-8H,4-5H2,1H3,(H,15,18). The van der Waals surface area contributed by atoms with Crippen molar-refractivity contribution in [3.63, 3.8) is 0 Å². The highest BCUT2D eigenvalue weighted by molar-refractivity contribution is 7.09. The van der Waals surface area contributed by atoms with Crippen molar-refractivity contribution in [1.82, 2.24) is 15.5 Å². The van der Waals surface area contributed by atoms with E-state index in [0.29, 0.717) is 24.5 Å². The minimum Gasteiger partial charge on any atom is -0.461 e. The number of hydrogen-bond acceptors (Lipinski definition) is 6. The second-order valence-electron chi connectivity index (χ2n) is 4.42. The Morgan fingerprint density at radius 1 is 1.43 bits per heavy atom. The number of rotatable bonds is 5. The average Bonchev–Trinajstić information content (AvgIpc) is 3.19. The van der Waals surface area contributed by atoms with Gasteiger partial charge < -0.3 is 14.3 Å². The maximum Gasteiger partial charge on any atom is 0.273 e. The molecule has 3 heterocycles. The molecule has 0 aliphatic heterocycles. The van der Waals surface area contributed by atoms with E-state index in [4.69, 9.17) is 8.94 Å². The summed E-state index contributed by atoms with van der Waals surface area (Å²) in [6, 6.07) is 5.04. The van der Waals surface area contributed by atoms with Crippen molar-refractivity contribution in [1.29, 1.82) is 0 Å². The smallest absolute Gasteiger partial charge is 0.273 e. The lowest BCUT2D eigenvalue weighted by molar-refractivity contribution is 0.0945. The highest BCUT2D eigenvalue weighted by atomic mass is 32.1. The van der Waals surface area contributed by atoms with Crippen LogP contribution < -0.4 is 5.32 Å². The van der Waals surface area contributed by atoms with Crippen LogP contribution in [0.15, 0.2) is 38.8 Å². The van der Waals surface area contributed by atoms with Crippen molar-refractivity contribution in [3.05, 3.63) is 46.2 Å². The fourth-order valence-electron chi connectivity index (χ4n) is 1.83. The Morgan fingerprint density at radius 2 is 2.33 bits per heavy atom. The Bertz CT molecular complexity index is 730. The second-order valence-corrected chi connectivity index (χ2v) is 5.48. The number of nitrogens with zero attached hydrogens (tertiary/aromatic N) is 2. The predicted molar refractivity (Wildman–Crippen MR) is 77.1 cm³/mol. The van der Waals surface area contributed by atoms with E-state index in [1.165, 1.54) is 6.26 Å². The number of carbonyl (C=O) groups is 1. The lowest BCUT2D eigenvalue weighted by atomic mass is 10.3. The average molecular weight is 303 g/mol. The molecule has 1 amide bonds. The summed E-state index contributed by atoms with van der Waals surface area (Å²) in [6.45, 7) is 2.46. The Hall–Kier alpha value is -2.41. The highest BCUT2D eigenvalue weighted by Crippen LogP contribution is 2.20. The zero-order valence-corrected chi connectivity index (χ0v) is 12.1. The molecule has 0 radical (unpaired) electrons. The van der Waals surface area contributed by atoms with Crippen LogP contribution in [0.25, 0.3) is 11.5 Å². The van der Waals surface area contributed by atoms with E-state index >= 15 is 0 Å². The lowest BCUT2D eigenvalue weighted by Crippen LogP contribution is -2.26. The maximum atomic E-state index is 11.9. The monoisotopic (exact) mass is 303 g/mol. The van der Waals surface area contributed by atoms with E-state index in [9.17, 15) is 4.79 Å². The summed E-state index contributed by atoms with van der Waals surface area (Å²) >= 11 is 1.60. The quantitative estimate of drug-likeness (QED) is 0.783. The molecule has 0 saturated carbocycles. The van der Waals surface area contributed by atoms with E-state index in [1.807, 2.05) is 12.3 Å². The van der Waals surface area contributed by atoms with E-state index in [-0.39, 0.29) is 11.6 Å². The first kappa shape index (κ1) is 13.6. The molecule has 3 aromatic heterocycles. The molecule has 0 fully saturated rings. The normalized spacial score (nSPS) is 10.7. The molecule has 0 aromatic carbocycles. The van der Waals surface area contributed by atoms with Gasteiger partial charge in [0, 0.05) is 24.4 Å². The molecule has 7 heteroatoms. The van der Waals surface area contributed by atoms with Gasteiger partial charge in [-0.2, -0.15) is 0 Å². The van der Waals surface area contributed by atoms with Gasteiger partial charge in [0.2, 0.25) is 5.76 Å². The molecule has 21 heavy (non-hydrogen) atoms. The number of hydrogen-bond donors (Lipinski definition) is 1. The maximum absolute atomic E-state index is 11.9. The van der Waals surface area contributed by atoms with Crippen LogP contribution in [0.2, 0.25) is 0 Å². The third-order valence-corrected chi connectivity index (χ3v) is 3.66. The fraction of sp³-hybridized carbons (Fsp3) is 0.214. The molecular formula is C14H13N3O3S. The van der Waals surface area contributed by atoms with E-state index in [2.05, 4.69) is 15.5 Å². The topological polar surface area (TPSA) is 81.2 Å². The molecule has 3 aromatic rings. The van der Waals surface area contributed by atoms with Gasteiger partial charge in [0.05, 0.1) is 17.0 Å². The van der Waals surface area contributed by atoms with Gasteiger partial charge in [-0.1, -0.05) is 5.16 Å². The van der Waals surface area contributed by atoms with Gasteiger partial charge in [-0.25, -0.2) is 4.98 Å². The first-order valence-electron chi connectivity index (χ1n) is 6.42. The van der Waals surface area contributed by atoms with E-state index in [0.717, 1.165) is 10.7 Å². The number of furan rings is 1. The zero-order valence-electron chi connectivity index (χ0n) is 11.3. The van der Waals surface area contributed by atoms with E-state index < -0.39 is 0 Å². The van der Waals surface area contributed by atoms with Gasteiger partial charge in [0.15, 0.2) is 11.5 Å². The third-order valence-electron chi connectivity index (χ3n) is 2.84. The second kappa shape index (κ2) is 5.92. The summed E-state index contributed by atoms with van der Waals surface area (Å²) in [5, 5.41) is 9.55. The van der Waals surface area contributed by atoms with Crippen molar-refractivity contribution >= 4 is 17.2 Å². The largest absolute Gasteiger partial charge is 0.461 e. The summed E-state index contributed by atoms with van der Waals surface area (Å²) < 4.78 is 10.3. The number of carbonyl (C=O) groups excluding carboxylic acids is 1. The van der Waals surface area contributed by atoms with Gasteiger partial charge in [0.1, 0.15) is 0 Å². The first-order valence-corrected chi connectivity index (χ1v) is 7.30. The van der Waals surface area contributed by atoms with Crippen LogP contribution in [0, 0.1) is 6.92 Å². The molecule has 0 bridgehead atoms. The third kappa shape index (κ3) is 3.19. The van der Waals surface area contributed by atoms with Gasteiger partial charge in [-0.05, 0) is 19.1 Å². The van der Waals surface area contributed by atoms with Crippen LogP contribution in [-0.4, -0.2) is 22.6 Å². The number of aromatic nitrogens is 2. The van der Waals surface area contributed by atoms with Crippen LogP contribution in [0.1, 0.15) is 21.2 Å².